The molecule has 8 nitrogen and oxygen atoms in total. The van der Waals surface area contributed by atoms with Crippen LogP contribution in [0.1, 0.15) is 49.4 Å². The van der Waals surface area contributed by atoms with Crippen molar-refractivity contribution in [3.8, 4) is 0 Å². The summed E-state index contributed by atoms with van der Waals surface area (Å²) in [6.45, 7) is 1.98. The van der Waals surface area contributed by atoms with Gasteiger partial charge in [0.2, 0.25) is 5.91 Å². The van der Waals surface area contributed by atoms with E-state index in [1.807, 2.05) is 6.92 Å². The number of carbonyl (C=O) groups excluding carboxylic acids is 2. The first-order valence-electron chi connectivity index (χ1n) is 13.3. The monoisotopic (exact) mass is 596 g/mol. The molecule has 5 rings (SSSR count). The molecule has 216 valence electrons. The molecule has 3 unspecified atom stereocenters. The molecular weight excluding hydrogens is 566 g/mol. The van der Waals surface area contributed by atoms with E-state index in [2.05, 4.69) is 10.6 Å². The second-order valence-electron chi connectivity index (χ2n) is 11.4. The number of hydrogen-bond donors (Lipinski definition) is 4. The largest absolute Gasteiger partial charge is 0.393 e. The fourth-order valence-electron chi connectivity index (χ4n) is 6.57. The van der Waals surface area contributed by atoms with Crippen molar-refractivity contribution in [2.75, 3.05) is 11.9 Å². The summed E-state index contributed by atoms with van der Waals surface area (Å²) in [4.78, 5) is 25.0. The maximum absolute atomic E-state index is 13.8. The minimum atomic E-state index is -4.03. The average Bonchev–Trinajstić information content (AvgIpc) is 3.00. The summed E-state index contributed by atoms with van der Waals surface area (Å²) in [5.41, 5.74) is -1.28. The molecule has 0 aliphatic heterocycles. The van der Waals surface area contributed by atoms with Gasteiger partial charge in [0.15, 0.2) is 21.5 Å². The van der Waals surface area contributed by atoms with E-state index in [9.17, 15) is 37.0 Å². The Hall–Kier alpha value is -2.60. The van der Waals surface area contributed by atoms with E-state index < -0.39 is 44.3 Å². The van der Waals surface area contributed by atoms with E-state index in [1.165, 1.54) is 24.3 Å². The number of aliphatic hydroxyl groups excluding tert-OH is 1. The van der Waals surface area contributed by atoms with E-state index in [4.69, 9.17) is 11.6 Å². The van der Waals surface area contributed by atoms with E-state index in [0.29, 0.717) is 19.3 Å². The minimum absolute atomic E-state index is 0.000893. The van der Waals surface area contributed by atoms with Crippen LogP contribution in [0.5, 0.6) is 0 Å². The Morgan fingerprint density at radius 1 is 1.05 bits per heavy atom. The van der Waals surface area contributed by atoms with Gasteiger partial charge in [-0.25, -0.2) is 17.2 Å². The predicted octanol–water partition coefficient (Wildman–Crippen LogP) is 3.70. The first kappa shape index (κ1) is 28.9. The SMILES string of the molecule is C[C@H]1CC2CC(S(=O)(=O)c3cc(C(=O)Nc4ccc(F)c(F)c4)ccc3Cl)CC1[C@@]2(O)CNC(=O)C1CC(O)C1. The summed E-state index contributed by atoms with van der Waals surface area (Å²) in [6, 6.07) is 6.68. The van der Waals surface area contributed by atoms with Gasteiger partial charge in [0.05, 0.1) is 26.9 Å². The van der Waals surface area contributed by atoms with Crippen molar-refractivity contribution in [3.63, 3.8) is 0 Å². The van der Waals surface area contributed by atoms with Gasteiger partial charge in [-0.15, -0.1) is 0 Å². The summed E-state index contributed by atoms with van der Waals surface area (Å²) in [6.07, 6.45) is 1.25. The average molecular weight is 597 g/mol. The Kier molecular flexibility index (Phi) is 7.71. The third kappa shape index (κ3) is 5.24. The van der Waals surface area contributed by atoms with Gasteiger partial charge in [0, 0.05) is 29.8 Å². The number of fused-ring (bicyclic) bond motifs is 2. The highest BCUT2D eigenvalue weighted by Gasteiger charge is 2.58. The highest BCUT2D eigenvalue weighted by Crippen LogP contribution is 2.54. The fraction of sp³-hybridized carbons (Fsp3) is 0.500. The van der Waals surface area contributed by atoms with Crippen molar-refractivity contribution < 1.29 is 37.0 Å². The van der Waals surface area contributed by atoms with Gasteiger partial charge >= 0.3 is 0 Å². The summed E-state index contributed by atoms with van der Waals surface area (Å²) in [5.74, 6) is -4.14. The molecule has 3 fully saturated rings. The lowest BCUT2D eigenvalue weighted by molar-refractivity contribution is -0.134. The van der Waals surface area contributed by atoms with Crippen LogP contribution in [0.4, 0.5) is 14.5 Å². The number of sulfone groups is 1. The molecule has 40 heavy (non-hydrogen) atoms. The molecule has 2 aromatic rings. The van der Waals surface area contributed by atoms with Crippen molar-refractivity contribution in [1.82, 2.24) is 5.32 Å². The molecule has 2 bridgehead atoms. The molecule has 0 aromatic heterocycles. The molecule has 3 aliphatic carbocycles. The third-order valence-corrected chi connectivity index (χ3v) is 11.6. The van der Waals surface area contributed by atoms with Gasteiger partial charge in [-0.05, 0) is 80.2 Å². The summed E-state index contributed by atoms with van der Waals surface area (Å²) in [5, 5.41) is 25.4. The third-order valence-electron chi connectivity index (χ3n) is 8.90. The number of aliphatic hydroxyl groups is 2. The number of amides is 2. The summed E-state index contributed by atoms with van der Waals surface area (Å²) in [7, 11) is -4.03. The van der Waals surface area contributed by atoms with Crippen LogP contribution in [0.2, 0.25) is 5.02 Å². The van der Waals surface area contributed by atoms with Crippen molar-refractivity contribution in [2.24, 2.45) is 23.7 Å². The van der Waals surface area contributed by atoms with Crippen LogP contribution >= 0.6 is 11.6 Å². The number of anilines is 1. The normalized spacial score (nSPS) is 31.4. The van der Waals surface area contributed by atoms with E-state index >= 15 is 0 Å². The quantitative estimate of drug-likeness (QED) is 0.385. The van der Waals surface area contributed by atoms with Crippen LogP contribution in [-0.4, -0.2) is 53.9 Å². The van der Waals surface area contributed by atoms with Gasteiger partial charge in [-0.3, -0.25) is 9.59 Å². The first-order valence-corrected chi connectivity index (χ1v) is 15.2. The molecular formula is C28H31ClF2N2O6S. The van der Waals surface area contributed by atoms with Crippen LogP contribution in [0.25, 0.3) is 0 Å². The Bertz CT molecular complexity index is 1450. The highest BCUT2D eigenvalue weighted by atomic mass is 35.5. The molecule has 3 aliphatic rings. The fourth-order valence-corrected chi connectivity index (χ4v) is 8.95. The van der Waals surface area contributed by atoms with Crippen molar-refractivity contribution in [3.05, 3.63) is 58.6 Å². The van der Waals surface area contributed by atoms with Gasteiger partial charge in [0.25, 0.3) is 5.91 Å². The topological polar surface area (TPSA) is 133 Å². The molecule has 0 spiro atoms. The summed E-state index contributed by atoms with van der Waals surface area (Å²) >= 11 is 6.30. The lowest BCUT2D eigenvalue weighted by atomic mass is 9.73. The minimum Gasteiger partial charge on any atom is -0.393 e. The zero-order valence-corrected chi connectivity index (χ0v) is 23.3. The zero-order chi connectivity index (χ0) is 29.0. The second-order valence-corrected chi connectivity index (χ2v) is 14.0. The number of hydrogen-bond acceptors (Lipinski definition) is 6. The number of benzene rings is 2. The van der Waals surface area contributed by atoms with Crippen molar-refractivity contribution >= 4 is 38.9 Å². The van der Waals surface area contributed by atoms with Crippen LogP contribution in [0.3, 0.4) is 0 Å². The predicted molar refractivity (Wildman–Crippen MR) is 143 cm³/mol. The van der Waals surface area contributed by atoms with Crippen LogP contribution < -0.4 is 10.6 Å². The van der Waals surface area contributed by atoms with E-state index in [-0.39, 0.29) is 70.1 Å². The van der Waals surface area contributed by atoms with E-state index in [1.54, 1.807) is 0 Å². The van der Waals surface area contributed by atoms with Gasteiger partial charge in [-0.1, -0.05) is 18.5 Å². The van der Waals surface area contributed by atoms with Crippen LogP contribution in [0, 0.1) is 35.3 Å². The molecule has 0 heterocycles. The molecule has 5 atom stereocenters. The van der Waals surface area contributed by atoms with Gasteiger partial charge < -0.3 is 20.8 Å². The lowest BCUT2D eigenvalue weighted by Gasteiger charge is -2.43. The maximum atomic E-state index is 13.8. The van der Waals surface area contributed by atoms with Gasteiger partial charge in [0.1, 0.15) is 0 Å². The van der Waals surface area contributed by atoms with Crippen LogP contribution in [0.15, 0.2) is 41.3 Å². The van der Waals surface area contributed by atoms with Crippen LogP contribution in [-0.2, 0) is 14.6 Å². The molecule has 0 radical (unpaired) electrons. The number of halogens is 3. The van der Waals surface area contributed by atoms with Crippen molar-refractivity contribution in [1.29, 1.82) is 0 Å². The van der Waals surface area contributed by atoms with Gasteiger partial charge in [-0.2, -0.15) is 0 Å². The van der Waals surface area contributed by atoms with Crippen molar-refractivity contribution in [2.45, 2.75) is 60.9 Å². The molecule has 12 heteroatoms. The maximum Gasteiger partial charge on any atom is 0.255 e. The highest BCUT2D eigenvalue weighted by molar-refractivity contribution is 7.92. The molecule has 3 saturated carbocycles. The Labute approximate surface area is 236 Å². The summed E-state index contributed by atoms with van der Waals surface area (Å²) < 4.78 is 54.4. The number of nitrogens with one attached hydrogen (secondary N) is 2. The molecule has 2 aromatic carbocycles. The Morgan fingerprint density at radius 2 is 1.77 bits per heavy atom. The smallest absolute Gasteiger partial charge is 0.255 e. The number of rotatable bonds is 7. The Balaban J connectivity index is 1.32. The Morgan fingerprint density at radius 3 is 2.42 bits per heavy atom. The first-order chi connectivity index (χ1) is 18.8. The number of carbonyl (C=O) groups is 2. The second kappa shape index (κ2) is 10.7. The molecule has 4 N–H and O–H groups in total. The zero-order valence-electron chi connectivity index (χ0n) is 21.7. The lowest BCUT2D eigenvalue weighted by Crippen LogP contribution is -2.56. The van der Waals surface area contributed by atoms with E-state index in [0.717, 1.165) is 12.1 Å². The molecule has 0 saturated heterocycles. The molecule has 2 amide bonds. The standard InChI is InChI=1S/C28H31ClF2N2O6S/c1-14-6-17-10-20(12-21(14)28(17,37)13-32-26(35)16-7-19(34)8-16)40(38,39)25-9-15(2-4-22(25)29)27(36)33-18-3-5-23(30)24(31)11-18/h2-5,9,11,14,16-17,19-21,34,37H,6-8,10,12-13H2,1H3,(H,32,35)(H,33,36)/t14-,16?,17?,19?,20?,21?,28+/m0/s1.